The van der Waals surface area contributed by atoms with Gasteiger partial charge in [0.05, 0.1) is 8.47 Å². The Morgan fingerprint density at radius 1 is 0.536 bits per heavy atom. The highest BCUT2D eigenvalue weighted by atomic mass is 32.2. The fourth-order valence-electron chi connectivity index (χ4n) is 2.57. The second-order valence-corrected chi connectivity index (χ2v) is 11.0. The van der Waals surface area contributed by atoms with Gasteiger partial charge in [-0.1, -0.05) is 119 Å². The summed E-state index contributed by atoms with van der Waals surface area (Å²) in [7, 11) is 0. The van der Waals surface area contributed by atoms with E-state index in [-0.39, 0.29) is 0 Å². The number of thioether (sulfide) groups is 4. The Morgan fingerprint density at radius 3 is 1.32 bits per heavy atom. The summed E-state index contributed by atoms with van der Waals surface area (Å²) in [6.07, 6.45) is 8.81. The summed E-state index contributed by atoms with van der Waals surface area (Å²) in [6.45, 7) is 4.24. The molecule has 0 fully saturated rings. The summed E-state index contributed by atoms with van der Waals surface area (Å²) in [6, 6.07) is 17.3. The van der Waals surface area contributed by atoms with E-state index in [1.807, 2.05) is 47.0 Å². The maximum atomic E-state index is 2.25. The first-order valence-electron chi connectivity index (χ1n) is 8.99. The largest absolute Gasteiger partial charge is 0.0878 e. The van der Waals surface area contributed by atoms with Crippen LogP contribution >= 0.6 is 47.0 Å². The zero-order valence-corrected chi connectivity index (χ0v) is 19.0. The van der Waals surface area contributed by atoms with Gasteiger partial charge in [0.1, 0.15) is 0 Å². The van der Waals surface area contributed by atoms with Crippen molar-refractivity contribution in [1.82, 2.24) is 0 Å². The maximum absolute atomic E-state index is 2.25. The van der Waals surface area contributed by atoms with Gasteiger partial charge in [-0.3, -0.25) is 0 Å². The number of hydrogen-bond acceptors (Lipinski definition) is 4. The van der Waals surface area contributed by atoms with Crippen LogP contribution in [0.25, 0.3) is 12.2 Å². The Kier molecular flexibility index (Phi) is 6.63. The van der Waals surface area contributed by atoms with Crippen molar-refractivity contribution in [2.24, 2.45) is 0 Å². The molecule has 0 atom stereocenters. The van der Waals surface area contributed by atoms with Crippen molar-refractivity contribution in [2.45, 2.75) is 13.8 Å². The molecule has 0 nitrogen and oxygen atoms in total. The minimum Gasteiger partial charge on any atom is -0.0878 e. The van der Waals surface area contributed by atoms with Crippen LogP contribution in [0.15, 0.2) is 89.8 Å². The van der Waals surface area contributed by atoms with Gasteiger partial charge in [-0.2, -0.15) is 0 Å². The highest BCUT2D eigenvalue weighted by molar-refractivity contribution is 8.33. The lowest BCUT2D eigenvalue weighted by atomic mass is 10.1. The van der Waals surface area contributed by atoms with Crippen molar-refractivity contribution in [3.63, 3.8) is 0 Å². The molecule has 0 saturated heterocycles. The monoisotopic (exact) mass is 436 g/mol. The molecule has 28 heavy (non-hydrogen) atoms. The van der Waals surface area contributed by atoms with E-state index in [1.165, 1.54) is 40.5 Å². The van der Waals surface area contributed by atoms with Crippen LogP contribution in [0.5, 0.6) is 0 Å². The lowest BCUT2D eigenvalue weighted by Crippen LogP contribution is -1.74. The number of rotatable bonds is 4. The first-order valence-corrected chi connectivity index (χ1v) is 12.4. The fourth-order valence-corrected chi connectivity index (χ4v) is 7.24. The SMILES string of the molecule is Cc1ccc(/C=C/C2=CS/C(=C3/SC=C(/C=C/c4ccc(C)cc4)S3)S2)cc1. The van der Waals surface area contributed by atoms with Gasteiger partial charge < -0.3 is 0 Å². The Balaban J connectivity index is 1.34. The topological polar surface area (TPSA) is 0 Å². The van der Waals surface area contributed by atoms with Crippen LogP contribution in [0.2, 0.25) is 0 Å². The first kappa shape index (κ1) is 19.8. The summed E-state index contributed by atoms with van der Waals surface area (Å²) in [5, 5.41) is 4.50. The minimum absolute atomic E-state index is 1.24. The summed E-state index contributed by atoms with van der Waals surface area (Å²) in [5.41, 5.74) is 5.08. The third-order valence-electron chi connectivity index (χ3n) is 4.19. The van der Waals surface area contributed by atoms with Crippen LogP contribution in [0.4, 0.5) is 0 Å². The van der Waals surface area contributed by atoms with Crippen molar-refractivity contribution < 1.29 is 0 Å². The van der Waals surface area contributed by atoms with Gasteiger partial charge in [0, 0.05) is 9.81 Å². The summed E-state index contributed by atoms with van der Waals surface area (Å²) in [4.78, 5) is 2.61. The molecule has 0 radical (unpaired) electrons. The molecule has 140 valence electrons. The normalized spacial score (nSPS) is 19.6. The predicted octanol–water partition coefficient (Wildman–Crippen LogP) is 8.80. The van der Waals surface area contributed by atoms with Gasteiger partial charge in [-0.05, 0) is 47.9 Å². The third kappa shape index (κ3) is 5.32. The van der Waals surface area contributed by atoms with E-state index in [4.69, 9.17) is 0 Å². The minimum atomic E-state index is 1.24. The molecule has 0 aliphatic carbocycles. The Bertz CT molecular complexity index is 920. The van der Waals surface area contributed by atoms with E-state index in [9.17, 15) is 0 Å². The fraction of sp³-hybridized carbons (Fsp3) is 0.0833. The summed E-state index contributed by atoms with van der Waals surface area (Å²) < 4.78 is 2.77. The van der Waals surface area contributed by atoms with Crippen LogP contribution in [-0.2, 0) is 0 Å². The zero-order chi connectivity index (χ0) is 19.3. The van der Waals surface area contributed by atoms with E-state index in [0.717, 1.165) is 0 Å². The molecule has 4 heteroatoms. The molecule has 0 unspecified atom stereocenters. The molecule has 2 heterocycles. The molecular weight excluding hydrogens is 417 g/mol. The average Bonchev–Trinajstić information content (AvgIpc) is 3.36. The lowest BCUT2D eigenvalue weighted by molar-refractivity contribution is 1.46. The van der Waals surface area contributed by atoms with E-state index >= 15 is 0 Å². The quantitative estimate of drug-likeness (QED) is 0.469. The number of hydrogen-bond donors (Lipinski definition) is 0. The lowest BCUT2D eigenvalue weighted by Gasteiger charge is -2.01. The average molecular weight is 437 g/mol. The maximum Gasteiger partial charge on any atom is 0.0700 e. The molecule has 2 aromatic rings. The van der Waals surface area contributed by atoms with E-state index < -0.39 is 0 Å². The first-order chi connectivity index (χ1) is 13.7. The molecule has 2 aliphatic rings. The summed E-state index contributed by atoms with van der Waals surface area (Å²) in [5.74, 6) is 0. The number of aryl methyl sites for hydroxylation is 2. The van der Waals surface area contributed by atoms with Gasteiger partial charge in [0.25, 0.3) is 0 Å². The molecular formula is C24H20S4. The molecule has 0 saturated carbocycles. The second kappa shape index (κ2) is 9.36. The standard InChI is InChI=1S/C24H20S4/c1-17-3-7-19(8-4-17)11-13-21-15-25-23(27-21)24-26-16-22(28-24)14-12-20-9-5-18(2)6-10-20/h3-16H,1-2H3/b13-11+,14-12+,24-23+. The molecule has 0 spiro atoms. The molecule has 0 aromatic heterocycles. The van der Waals surface area contributed by atoms with Gasteiger partial charge >= 0.3 is 0 Å². The van der Waals surface area contributed by atoms with Gasteiger partial charge in [0.15, 0.2) is 0 Å². The molecule has 0 bridgehead atoms. The van der Waals surface area contributed by atoms with E-state index in [1.54, 1.807) is 0 Å². The van der Waals surface area contributed by atoms with Crippen molar-refractivity contribution >= 4 is 59.2 Å². The molecule has 0 amide bonds. The highest BCUT2D eigenvalue weighted by Crippen LogP contribution is 2.55. The Hall–Kier alpha value is -1.46. The van der Waals surface area contributed by atoms with Crippen LogP contribution in [0.1, 0.15) is 22.3 Å². The van der Waals surface area contributed by atoms with Crippen LogP contribution in [-0.4, -0.2) is 0 Å². The van der Waals surface area contributed by atoms with E-state index in [0.29, 0.717) is 0 Å². The van der Waals surface area contributed by atoms with Crippen molar-refractivity contribution in [1.29, 1.82) is 0 Å². The Labute approximate surface area is 184 Å². The molecule has 0 N–H and O–H groups in total. The van der Waals surface area contributed by atoms with Crippen molar-refractivity contribution in [3.05, 3.63) is 112 Å². The van der Waals surface area contributed by atoms with Crippen LogP contribution in [0.3, 0.4) is 0 Å². The molecule has 2 aromatic carbocycles. The summed E-state index contributed by atoms with van der Waals surface area (Å²) >= 11 is 7.40. The number of allylic oxidation sites excluding steroid dienone is 2. The van der Waals surface area contributed by atoms with Crippen molar-refractivity contribution in [2.75, 3.05) is 0 Å². The van der Waals surface area contributed by atoms with Gasteiger partial charge in [-0.15, -0.1) is 0 Å². The smallest absolute Gasteiger partial charge is 0.0700 e. The third-order valence-corrected chi connectivity index (χ3v) is 9.42. The van der Waals surface area contributed by atoms with E-state index in [2.05, 4.69) is 97.5 Å². The van der Waals surface area contributed by atoms with Crippen LogP contribution in [0, 0.1) is 13.8 Å². The molecule has 2 aliphatic heterocycles. The number of benzene rings is 2. The highest BCUT2D eigenvalue weighted by Gasteiger charge is 2.20. The van der Waals surface area contributed by atoms with Crippen molar-refractivity contribution in [3.8, 4) is 0 Å². The zero-order valence-electron chi connectivity index (χ0n) is 15.7. The predicted molar refractivity (Wildman–Crippen MR) is 134 cm³/mol. The second-order valence-electron chi connectivity index (χ2n) is 6.54. The molecule has 4 rings (SSSR count). The van der Waals surface area contributed by atoms with Gasteiger partial charge in [-0.25, -0.2) is 0 Å². The van der Waals surface area contributed by atoms with Crippen LogP contribution < -0.4 is 0 Å². The Morgan fingerprint density at radius 2 is 0.929 bits per heavy atom. The van der Waals surface area contributed by atoms with Gasteiger partial charge in [0.2, 0.25) is 0 Å².